The van der Waals surface area contributed by atoms with Crippen LogP contribution in [0.1, 0.15) is 53.5 Å². The first-order valence-corrected chi connectivity index (χ1v) is 11.0. The molecule has 2 N–H and O–H groups in total. The molecule has 3 heteroatoms. The molecular formula is C27H27NO2. The van der Waals surface area contributed by atoms with Gasteiger partial charge in [0.25, 0.3) is 0 Å². The normalized spacial score (nSPS) is 15.7. The first kappa shape index (κ1) is 18.9. The Morgan fingerprint density at radius 3 is 2.00 bits per heavy atom. The second-order valence-corrected chi connectivity index (χ2v) is 8.43. The van der Waals surface area contributed by atoms with Crippen LogP contribution >= 0.6 is 0 Å². The number of aromatic hydroxyl groups is 2. The Balaban J connectivity index is 1.72. The van der Waals surface area contributed by atoms with Gasteiger partial charge in [0.15, 0.2) is 0 Å². The van der Waals surface area contributed by atoms with Crippen molar-refractivity contribution in [1.29, 1.82) is 0 Å². The quantitative estimate of drug-likeness (QED) is 0.512. The smallest absolute Gasteiger partial charge is 0.124 e. The van der Waals surface area contributed by atoms with Crippen molar-refractivity contribution in [1.82, 2.24) is 0 Å². The third-order valence-corrected chi connectivity index (χ3v) is 6.55. The van der Waals surface area contributed by atoms with Crippen molar-refractivity contribution in [2.45, 2.75) is 51.4 Å². The number of phenols is 2. The number of aliphatic imine (C=N–C) groups is 1. The summed E-state index contributed by atoms with van der Waals surface area (Å²) in [6, 6.07) is 15.5. The van der Waals surface area contributed by atoms with Gasteiger partial charge in [-0.2, -0.15) is 0 Å². The van der Waals surface area contributed by atoms with Crippen LogP contribution in [0, 0.1) is 0 Å². The first-order chi connectivity index (χ1) is 14.7. The van der Waals surface area contributed by atoms with Gasteiger partial charge in [-0.15, -0.1) is 0 Å². The molecule has 0 aliphatic heterocycles. The second kappa shape index (κ2) is 7.98. The summed E-state index contributed by atoms with van der Waals surface area (Å²) in [5, 5.41) is 21.1. The van der Waals surface area contributed by atoms with E-state index in [1.807, 2.05) is 24.3 Å². The molecule has 0 spiro atoms. The second-order valence-electron chi connectivity index (χ2n) is 8.43. The van der Waals surface area contributed by atoms with Gasteiger partial charge in [-0.1, -0.05) is 24.3 Å². The minimum atomic E-state index is 0.223. The van der Waals surface area contributed by atoms with Gasteiger partial charge in [-0.3, -0.25) is 4.99 Å². The number of rotatable bonds is 3. The minimum Gasteiger partial charge on any atom is -0.507 e. The number of hydrogen-bond donors (Lipinski definition) is 2. The van der Waals surface area contributed by atoms with Crippen LogP contribution < -0.4 is 0 Å². The van der Waals surface area contributed by atoms with Crippen LogP contribution in [-0.4, -0.2) is 16.4 Å². The van der Waals surface area contributed by atoms with Crippen molar-refractivity contribution in [3.05, 3.63) is 76.3 Å². The Morgan fingerprint density at radius 2 is 1.27 bits per heavy atom. The largest absolute Gasteiger partial charge is 0.507 e. The summed E-state index contributed by atoms with van der Waals surface area (Å²) in [5.41, 5.74) is 9.00. The van der Waals surface area contributed by atoms with Crippen molar-refractivity contribution < 1.29 is 10.2 Å². The van der Waals surface area contributed by atoms with Gasteiger partial charge in [-0.25, -0.2) is 0 Å². The van der Waals surface area contributed by atoms with Crippen LogP contribution in [-0.2, 0) is 25.7 Å². The highest BCUT2D eigenvalue weighted by atomic mass is 16.3. The molecule has 0 amide bonds. The Labute approximate surface area is 177 Å². The molecule has 3 aromatic carbocycles. The standard InChI is InChI=1S/C27H27NO2/c29-24-12-6-3-9-20(24)17-28-23-15-13-18-7-1-4-10-21(18)26(23)27-22-11-5-2-8-19(22)14-16-25(27)30/h3,6,9,12-17,29-30H,1-2,4-5,7-8,10-11H2. The molecule has 0 heterocycles. The van der Waals surface area contributed by atoms with Gasteiger partial charge in [0.1, 0.15) is 11.5 Å². The maximum Gasteiger partial charge on any atom is 0.124 e. The van der Waals surface area contributed by atoms with Gasteiger partial charge in [0.05, 0.1) is 5.69 Å². The van der Waals surface area contributed by atoms with E-state index in [9.17, 15) is 10.2 Å². The molecule has 152 valence electrons. The summed E-state index contributed by atoms with van der Waals surface area (Å²) >= 11 is 0. The van der Waals surface area contributed by atoms with Gasteiger partial charge in [0, 0.05) is 22.9 Å². The number of aryl methyl sites for hydroxylation is 2. The highest BCUT2D eigenvalue weighted by molar-refractivity contribution is 5.91. The van der Waals surface area contributed by atoms with Gasteiger partial charge in [-0.05, 0) is 97.9 Å². The molecule has 0 saturated heterocycles. The Hall–Kier alpha value is -3.07. The predicted molar refractivity (Wildman–Crippen MR) is 122 cm³/mol. The molecule has 2 aliphatic rings. The average molecular weight is 398 g/mol. The molecule has 0 fully saturated rings. The highest BCUT2D eigenvalue weighted by Crippen LogP contribution is 2.46. The molecule has 0 aromatic heterocycles. The Morgan fingerprint density at radius 1 is 0.633 bits per heavy atom. The Bertz CT molecular complexity index is 1130. The van der Waals surface area contributed by atoms with E-state index in [0.717, 1.165) is 48.9 Å². The van der Waals surface area contributed by atoms with Crippen LogP contribution in [0.5, 0.6) is 11.5 Å². The number of nitrogens with zero attached hydrogens (tertiary/aromatic N) is 1. The maximum absolute atomic E-state index is 11.0. The molecule has 5 rings (SSSR count). The molecule has 0 bridgehead atoms. The van der Waals surface area contributed by atoms with Gasteiger partial charge >= 0.3 is 0 Å². The van der Waals surface area contributed by atoms with Crippen LogP contribution in [0.4, 0.5) is 5.69 Å². The molecule has 2 aliphatic carbocycles. The molecular weight excluding hydrogens is 370 g/mol. The van der Waals surface area contributed by atoms with E-state index in [1.165, 1.54) is 41.5 Å². The van der Waals surface area contributed by atoms with Gasteiger partial charge < -0.3 is 10.2 Å². The van der Waals surface area contributed by atoms with Crippen molar-refractivity contribution in [2.75, 3.05) is 0 Å². The fraction of sp³-hybridized carbons (Fsp3) is 0.296. The lowest BCUT2D eigenvalue weighted by Gasteiger charge is -2.26. The number of hydrogen-bond acceptors (Lipinski definition) is 3. The first-order valence-electron chi connectivity index (χ1n) is 11.0. The SMILES string of the molecule is Oc1ccccc1C=Nc1ccc2c(c1-c1c(O)ccc3c1CCCC3)CCCC2. The fourth-order valence-corrected chi connectivity index (χ4v) is 5.03. The number of fused-ring (bicyclic) bond motifs is 2. The molecule has 3 nitrogen and oxygen atoms in total. The summed E-state index contributed by atoms with van der Waals surface area (Å²) in [6.45, 7) is 0. The van der Waals surface area contributed by atoms with Crippen molar-refractivity contribution >= 4 is 11.9 Å². The van der Waals surface area contributed by atoms with E-state index in [-0.39, 0.29) is 5.75 Å². The van der Waals surface area contributed by atoms with E-state index in [2.05, 4.69) is 18.2 Å². The third-order valence-electron chi connectivity index (χ3n) is 6.55. The summed E-state index contributed by atoms with van der Waals surface area (Å²) in [5.74, 6) is 0.578. The topological polar surface area (TPSA) is 52.8 Å². The van der Waals surface area contributed by atoms with E-state index in [0.29, 0.717) is 11.3 Å². The van der Waals surface area contributed by atoms with Crippen LogP contribution in [0.3, 0.4) is 0 Å². The number of phenolic OH excluding ortho intramolecular Hbond substituents is 2. The lowest BCUT2D eigenvalue weighted by molar-refractivity contribution is 0.474. The summed E-state index contributed by atoms with van der Waals surface area (Å²) < 4.78 is 0. The Kier molecular flexibility index (Phi) is 5.04. The van der Waals surface area contributed by atoms with Crippen LogP contribution in [0.2, 0.25) is 0 Å². The molecule has 3 aromatic rings. The summed E-state index contributed by atoms with van der Waals surface area (Å²) in [7, 11) is 0. The lowest BCUT2D eigenvalue weighted by atomic mass is 9.80. The zero-order chi connectivity index (χ0) is 20.5. The lowest BCUT2D eigenvalue weighted by Crippen LogP contribution is -2.09. The zero-order valence-corrected chi connectivity index (χ0v) is 17.2. The number of para-hydroxylation sites is 1. The van der Waals surface area contributed by atoms with E-state index in [1.54, 1.807) is 12.3 Å². The van der Waals surface area contributed by atoms with Gasteiger partial charge in [0.2, 0.25) is 0 Å². The van der Waals surface area contributed by atoms with Crippen molar-refractivity contribution in [2.24, 2.45) is 4.99 Å². The van der Waals surface area contributed by atoms with E-state index < -0.39 is 0 Å². The van der Waals surface area contributed by atoms with E-state index in [4.69, 9.17) is 4.99 Å². The fourth-order valence-electron chi connectivity index (χ4n) is 5.03. The van der Waals surface area contributed by atoms with Crippen molar-refractivity contribution in [3.63, 3.8) is 0 Å². The monoisotopic (exact) mass is 397 g/mol. The summed E-state index contributed by atoms with van der Waals surface area (Å²) in [4.78, 5) is 4.82. The maximum atomic E-state index is 11.0. The molecule has 0 radical (unpaired) electrons. The minimum absolute atomic E-state index is 0.223. The van der Waals surface area contributed by atoms with Crippen molar-refractivity contribution in [3.8, 4) is 22.6 Å². The molecule has 0 atom stereocenters. The molecule has 0 unspecified atom stereocenters. The number of benzene rings is 3. The highest BCUT2D eigenvalue weighted by Gasteiger charge is 2.24. The third kappa shape index (κ3) is 3.39. The zero-order valence-electron chi connectivity index (χ0n) is 17.2. The summed E-state index contributed by atoms with van der Waals surface area (Å²) in [6.07, 6.45) is 10.7. The van der Waals surface area contributed by atoms with Crippen LogP contribution in [0.15, 0.2) is 53.5 Å². The van der Waals surface area contributed by atoms with Crippen LogP contribution in [0.25, 0.3) is 11.1 Å². The predicted octanol–water partition coefficient (Wildman–Crippen LogP) is 6.27. The molecule has 30 heavy (non-hydrogen) atoms. The van der Waals surface area contributed by atoms with E-state index >= 15 is 0 Å². The average Bonchev–Trinajstić information content (AvgIpc) is 2.78. The molecule has 0 saturated carbocycles.